The van der Waals surface area contributed by atoms with Crippen LogP contribution in [-0.4, -0.2) is 40.3 Å². The molecule has 4 nitrogen and oxygen atoms in total. The second-order valence-corrected chi connectivity index (χ2v) is 6.58. The number of hydrogen-bond acceptors (Lipinski definition) is 4. The van der Waals surface area contributed by atoms with E-state index in [1.807, 2.05) is 20.8 Å². The van der Waals surface area contributed by atoms with E-state index in [0.29, 0.717) is 19.1 Å². The van der Waals surface area contributed by atoms with Crippen molar-refractivity contribution in [3.63, 3.8) is 0 Å². The second-order valence-electron chi connectivity index (χ2n) is 4.59. The van der Waals surface area contributed by atoms with Gasteiger partial charge >= 0.3 is 0 Å². The first-order chi connectivity index (χ1) is 6.45. The Morgan fingerprint density at radius 3 is 2.43 bits per heavy atom. The SMILES string of the molecule is CC(C)(C)[S+]([O-])N[C@H](CO)C1COC1. The van der Waals surface area contributed by atoms with Crippen molar-refractivity contribution >= 4 is 11.4 Å². The van der Waals surface area contributed by atoms with E-state index >= 15 is 0 Å². The molecule has 0 amide bonds. The smallest absolute Gasteiger partial charge is 0.136 e. The highest BCUT2D eigenvalue weighted by Crippen LogP contribution is 2.19. The van der Waals surface area contributed by atoms with Crippen molar-refractivity contribution in [2.75, 3.05) is 19.8 Å². The van der Waals surface area contributed by atoms with Gasteiger partial charge in [0.15, 0.2) is 0 Å². The van der Waals surface area contributed by atoms with E-state index in [2.05, 4.69) is 4.72 Å². The first-order valence-corrected chi connectivity index (χ1v) is 5.97. The van der Waals surface area contributed by atoms with Crippen molar-refractivity contribution in [2.45, 2.75) is 31.6 Å². The highest BCUT2D eigenvalue weighted by Gasteiger charge is 2.35. The fourth-order valence-corrected chi connectivity index (χ4v) is 1.98. The van der Waals surface area contributed by atoms with Crippen LogP contribution in [0.15, 0.2) is 0 Å². The number of aliphatic hydroxyl groups is 1. The molecule has 2 N–H and O–H groups in total. The summed E-state index contributed by atoms with van der Waals surface area (Å²) in [6.07, 6.45) is 0. The predicted octanol–water partition coefficient (Wildman–Crippen LogP) is 0.0455. The van der Waals surface area contributed by atoms with Gasteiger partial charge in [0.25, 0.3) is 0 Å². The van der Waals surface area contributed by atoms with Crippen molar-refractivity contribution in [3.8, 4) is 0 Å². The van der Waals surface area contributed by atoms with Gasteiger partial charge in [-0.2, -0.15) is 0 Å². The molecule has 5 heteroatoms. The van der Waals surface area contributed by atoms with E-state index in [1.54, 1.807) is 0 Å². The molecule has 1 rings (SSSR count). The van der Waals surface area contributed by atoms with Gasteiger partial charge in [0, 0.05) is 17.3 Å². The number of rotatable bonds is 4. The quantitative estimate of drug-likeness (QED) is 0.658. The largest absolute Gasteiger partial charge is 0.598 e. The van der Waals surface area contributed by atoms with Crippen LogP contribution in [0.4, 0.5) is 0 Å². The lowest BCUT2D eigenvalue weighted by atomic mass is 10.00. The van der Waals surface area contributed by atoms with E-state index in [0.717, 1.165) is 0 Å². The van der Waals surface area contributed by atoms with Gasteiger partial charge in [-0.15, -0.1) is 4.72 Å². The summed E-state index contributed by atoms with van der Waals surface area (Å²) in [5.74, 6) is 0.297. The van der Waals surface area contributed by atoms with Crippen LogP contribution in [0, 0.1) is 5.92 Å². The average Bonchev–Trinajstić information content (AvgIpc) is 1.97. The Balaban J connectivity index is 2.39. The van der Waals surface area contributed by atoms with Crippen molar-refractivity contribution in [1.82, 2.24) is 4.72 Å². The fraction of sp³-hybridized carbons (Fsp3) is 1.00. The Hall–Kier alpha value is 0.190. The van der Waals surface area contributed by atoms with Crippen LogP contribution >= 0.6 is 0 Å². The fourth-order valence-electron chi connectivity index (χ4n) is 1.08. The van der Waals surface area contributed by atoms with Gasteiger partial charge in [-0.1, -0.05) is 0 Å². The van der Waals surface area contributed by atoms with Gasteiger partial charge in [0.2, 0.25) is 0 Å². The summed E-state index contributed by atoms with van der Waals surface area (Å²) >= 11 is -1.12. The summed E-state index contributed by atoms with van der Waals surface area (Å²) in [7, 11) is 0. The van der Waals surface area contributed by atoms with Gasteiger partial charge in [-0.3, -0.25) is 0 Å². The summed E-state index contributed by atoms with van der Waals surface area (Å²) in [6, 6.07) is -0.108. The third-order valence-electron chi connectivity index (χ3n) is 2.24. The molecule has 0 saturated carbocycles. The molecule has 14 heavy (non-hydrogen) atoms. The second kappa shape index (κ2) is 4.81. The van der Waals surface area contributed by atoms with Crippen LogP contribution in [-0.2, 0) is 16.1 Å². The zero-order valence-electron chi connectivity index (χ0n) is 8.95. The molecule has 1 fully saturated rings. The molecule has 0 aromatic carbocycles. The van der Waals surface area contributed by atoms with Crippen LogP contribution in [0.1, 0.15) is 20.8 Å². The Morgan fingerprint density at radius 2 is 2.14 bits per heavy atom. The third kappa shape index (κ3) is 3.10. The lowest BCUT2D eigenvalue weighted by molar-refractivity contribution is -0.0538. The molecular weight excluding hydrogens is 202 g/mol. The standard InChI is InChI=1S/C9H19NO3S/c1-9(2,3)14(12)10-8(4-11)7-5-13-6-7/h7-8,10-11H,4-6H2,1-3H3/t8-,14?/m1/s1. The molecule has 1 saturated heterocycles. The van der Waals surface area contributed by atoms with Crippen molar-refractivity contribution in [2.24, 2.45) is 5.92 Å². The van der Waals surface area contributed by atoms with Crippen LogP contribution < -0.4 is 4.72 Å². The molecule has 1 heterocycles. The third-order valence-corrected chi connectivity index (χ3v) is 3.87. The molecule has 0 spiro atoms. The summed E-state index contributed by atoms with van der Waals surface area (Å²) in [5.41, 5.74) is 0. The topological polar surface area (TPSA) is 64.5 Å². The average molecular weight is 221 g/mol. The molecule has 0 radical (unpaired) electrons. The van der Waals surface area contributed by atoms with Crippen molar-refractivity contribution in [3.05, 3.63) is 0 Å². The molecular formula is C9H19NO3S. The Labute approximate surface area is 88.3 Å². The number of aliphatic hydroxyl groups excluding tert-OH is 1. The van der Waals surface area contributed by atoms with Crippen LogP contribution in [0.2, 0.25) is 0 Å². The molecule has 1 aliphatic rings. The molecule has 2 atom stereocenters. The minimum Gasteiger partial charge on any atom is -0.598 e. The van der Waals surface area contributed by atoms with Crippen molar-refractivity contribution < 1.29 is 14.4 Å². The molecule has 0 aromatic heterocycles. The first kappa shape index (κ1) is 12.3. The highest BCUT2D eigenvalue weighted by atomic mass is 32.2. The van der Waals surface area contributed by atoms with Gasteiger partial charge in [-0.05, 0) is 20.8 Å². The Kier molecular flexibility index (Phi) is 4.21. The lowest BCUT2D eigenvalue weighted by Crippen LogP contribution is -2.53. The molecule has 0 aromatic rings. The van der Waals surface area contributed by atoms with Crippen LogP contribution in [0.5, 0.6) is 0 Å². The maximum atomic E-state index is 11.7. The zero-order valence-corrected chi connectivity index (χ0v) is 9.76. The van der Waals surface area contributed by atoms with E-state index in [9.17, 15) is 4.55 Å². The van der Waals surface area contributed by atoms with Crippen LogP contribution in [0.25, 0.3) is 0 Å². The number of ether oxygens (including phenoxy) is 1. The van der Waals surface area contributed by atoms with Gasteiger partial charge in [0.05, 0.1) is 25.9 Å². The number of nitrogens with one attached hydrogen (secondary N) is 1. The maximum Gasteiger partial charge on any atom is 0.136 e. The Morgan fingerprint density at radius 1 is 1.57 bits per heavy atom. The molecule has 1 unspecified atom stereocenters. The normalized spacial score (nSPS) is 22.9. The van der Waals surface area contributed by atoms with Crippen LogP contribution in [0.3, 0.4) is 0 Å². The minimum atomic E-state index is -1.12. The monoisotopic (exact) mass is 221 g/mol. The summed E-state index contributed by atoms with van der Waals surface area (Å²) < 4.78 is 19.4. The molecule has 1 aliphatic heterocycles. The summed E-state index contributed by atoms with van der Waals surface area (Å²) in [4.78, 5) is 0. The van der Waals surface area contributed by atoms with E-state index < -0.39 is 11.4 Å². The molecule has 0 bridgehead atoms. The summed E-state index contributed by atoms with van der Waals surface area (Å²) in [5, 5.41) is 9.12. The lowest BCUT2D eigenvalue weighted by Gasteiger charge is -2.35. The van der Waals surface area contributed by atoms with Crippen molar-refractivity contribution in [1.29, 1.82) is 0 Å². The summed E-state index contributed by atoms with van der Waals surface area (Å²) in [6.45, 7) is 7.03. The predicted molar refractivity (Wildman–Crippen MR) is 56.2 cm³/mol. The zero-order chi connectivity index (χ0) is 10.8. The molecule has 84 valence electrons. The number of hydrogen-bond donors (Lipinski definition) is 2. The van der Waals surface area contributed by atoms with E-state index in [1.165, 1.54) is 0 Å². The van der Waals surface area contributed by atoms with Gasteiger partial charge < -0.3 is 14.4 Å². The maximum absolute atomic E-state index is 11.7. The van der Waals surface area contributed by atoms with Gasteiger partial charge in [-0.25, -0.2) is 0 Å². The molecule has 0 aliphatic carbocycles. The Bertz CT molecular complexity index is 179. The highest BCUT2D eigenvalue weighted by molar-refractivity contribution is 7.90. The van der Waals surface area contributed by atoms with E-state index in [-0.39, 0.29) is 17.4 Å². The van der Waals surface area contributed by atoms with Gasteiger partial charge in [0.1, 0.15) is 4.75 Å². The minimum absolute atomic E-state index is 0.00977. The van der Waals surface area contributed by atoms with E-state index in [4.69, 9.17) is 9.84 Å². The first-order valence-electron chi connectivity index (χ1n) is 4.82.